The first-order chi connectivity index (χ1) is 9.65. The van der Waals surface area contributed by atoms with Crippen LogP contribution in [0.3, 0.4) is 0 Å². The maximum atomic E-state index is 12.4. The molecule has 118 valence electrons. The van der Waals surface area contributed by atoms with Crippen LogP contribution in [0.4, 0.5) is 0 Å². The van der Waals surface area contributed by atoms with Crippen molar-refractivity contribution in [1.82, 2.24) is 4.90 Å². The molecule has 1 aromatic carbocycles. The molecule has 0 unspecified atom stereocenters. The van der Waals surface area contributed by atoms with Crippen molar-refractivity contribution < 1.29 is 14.3 Å². The molecule has 0 saturated carbocycles. The normalized spacial score (nSPS) is 17.3. The van der Waals surface area contributed by atoms with Crippen LogP contribution in [0.15, 0.2) is 18.2 Å². The van der Waals surface area contributed by atoms with Crippen molar-refractivity contribution in [3.05, 3.63) is 23.8 Å². The Balaban J connectivity index is 0.00000220. The molecular weight excluding hydrogens is 292 g/mol. The highest BCUT2D eigenvalue weighted by molar-refractivity contribution is 5.95. The van der Waals surface area contributed by atoms with Crippen molar-refractivity contribution >= 4 is 18.3 Å². The summed E-state index contributed by atoms with van der Waals surface area (Å²) in [6, 6.07) is 5.41. The molecule has 1 aliphatic rings. The third-order valence-electron chi connectivity index (χ3n) is 3.30. The standard InChI is InChI=1S/C15H22N2O3.ClH/c1-3-19-13-6-5-11(9-14(13)20-4-2)15(18)17-8-7-12(16)10-17;/h5-6,9,12H,3-4,7-8,10,16H2,1-2H3;1H/t12-;/m0./s1. The Morgan fingerprint density at radius 1 is 1.29 bits per heavy atom. The minimum Gasteiger partial charge on any atom is -0.490 e. The number of nitrogens with zero attached hydrogens (tertiary/aromatic N) is 1. The fraction of sp³-hybridized carbons (Fsp3) is 0.533. The molecule has 0 aliphatic carbocycles. The minimum atomic E-state index is 0. The van der Waals surface area contributed by atoms with Crippen molar-refractivity contribution in [3.8, 4) is 11.5 Å². The maximum Gasteiger partial charge on any atom is 0.254 e. The topological polar surface area (TPSA) is 64.8 Å². The van der Waals surface area contributed by atoms with Crippen molar-refractivity contribution in [2.75, 3.05) is 26.3 Å². The van der Waals surface area contributed by atoms with Gasteiger partial charge in [0.2, 0.25) is 0 Å². The van der Waals surface area contributed by atoms with E-state index in [4.69, 9.17) is 15.2 Å². The quantitative estimate of drug-likeness (QED) is 0.903. The lowest BCUT2D eigenvalue weighted by atomic mass is 10.1. The Hall–Kier alpha value is -1.46. The number of hydrogen-bond donors (Lipinski definition) is 1. The Morgan fingerprint density at radius 2 is 1.95 bits per heavy atom. The van der Waals surface area contributed by atoms with Crippen molar-refractivity contribution in [1.29, 1.82) is 0 Å². The Kier molecular flexibility index (Phi) is 6.78. The van der Waals surface area contributed by atoms with Gasteiger partial charge in [0.05, 0.1) is 13.2 Å². The van der Waals surface area contributed by atoms with Crippen LogP contribution in [-0.2, 0) is 0 Å². The largest absolute Gasteiger partial charge is 0.490 e. The van der Waals surface area contributed by atoms with E-state index in [2.05, 4.69) is 0 Å². The van der Waals surface area contributed by atoms with Gasteiger partial charge in [-0.15, -0.1) is 12.4 Å². The van der Waals surface area contributed by atoms with Crippen LogP contribution >= 0.6 is 12.4 Å². The first kappa shape index (κ1) is 17.6. The second-order valence-corrected chi connectivity index (χ2v) is 4.83. The average Bonchev–Trinajstić information content (AvgIpc) is 2.87. The van der Waals surface area contributed by atoms with Crippen LogP contribution < -0.4 is 15.2 Å². The van der Waals surface area contributed by atoms with Gasteiger partial charge in [-0.25, -0.2) is 0 Å². The molecule has 0 spiro atoms. The van der Waals surface area contributed by atoms with Crippen LogP contribution in [-0.4, -0.2) is 43.2 Å². The minimum absolute atomic E-state index is 0. The van der Waals surface area contributed by atoms with Gasteiger partial charge < -0.3 is 20.1 Å². The monoisotopic (exact) mass is 314 g/mol. The van der Waals surface area contributed by atoms with Crippen molar-refractivity contribution in [3.63, 3.8) is 0 Å². The lowest BCUT2D eigenvalue weighted by molar-refractivity contribution is 0.0790. The summed E-state index contributed by atoms with van der Waals surface area (Å²) in [4.78, 5) is 14.2. The zero-order chi connectivity index (χ0) is 14.5. The number of likely N-dealkylation sites (tertiary alicyclic amines) is 1. The van der Waals surface area contributed by atoms with Crippen LogP contribution in [0.5, 0.6) is 11.5 Å². The molecule has 1 heterocycles. The van der Waals surface area contributed by atoms with E-state index < -0.39 is 0 Å². The van der Waals surface area contributed by atoms with E-state index in [1.165, 1.54) is 0 Å². The molecule has 1 aromatic rings. The molecule has 0 aromatic heterocycles. The summed E-state index contributed by atoms with van der Waals surface area (Å²) in [5.74, 6) is 1.29. The zero-order valence-electron chi connectivity index (χ0n) is 12.5. The van der Waals surface area contributed by atoms with Gasteiger partial charge in [-0.2, -0.15) is 0 Å². The van der Waals surface area contributed by atoms with Crippen LogP contribution in [0.1, 0.15) is 30.6 Å². The van der Waals surface area contributed by atoms with Crippen LogP contribution in [0, 0.1) is 0 Å². The summed E-state index contributed by atoms with van der Waals surface area (Å²) in [6.07, 6.45) is 0.862. The summed E-state index contributed by atoms with van der Waals surface area (Å²) >= 11 is 0. The number of carbonyl (C=O) groups is 1. The fourth-order valence-electron chi connectivity index (χ4n) is 2.34. The predicted octanol–water partition coefficient (Wildman–Crippen LogP) is 2.08. The van der Waals surface area contributed by atoms with Crippen LogP contribution in [0.25, 0.3) is 0 Å². The van der Waals surface area contributed by atoms with E-state index in [1.807, 2.05) is 13.8 Å². The molecular formula is C15H23ClN2O3. The van der Waals surface area contributed by atoms with E-state index in [1.54, 1.807) is 23.1 Å². The molecule has 1 saturated heterocycles. The van der Waals surface area contributed by atoms with E-state index in [0.717, 1.165) is 13.0 Å². The van der Waals surface area contributed by atoms with Gasteiger partial charge in [-0.3, -0.25) is 4.79 Å². The van der Waals surface area contributed by atoms with Gasteiger partial charge >= 0.3 is 0 Å². The van der Waals surface area contributed by atoms with E-state index in [9.17, 15) is 4.79 Å². The first-order valence-corrected chi connectivity index (χ1v) is 7.10. The molecule has 0 radical (unpaired) electrons. The highest BCUT2D eigenvalue weighted by Crippen LogP contribution is 2.29. The number of rotatable bonds is 5. The van der Waals surface area contributed by atoms with Gasteiger partial charge in [0, 0.05) is 24.7 Å². The Labute approximate surface area is 131 Å². The van der Waals surface area contributed by atoms with Crippen LogP contribution in [0.2, 0.25) is 0 Å². The van der Waals surface area contributed by atoms with Gasteiger partial charge in [0.25, 0.3) is 5.91 Å². The lowest BCUT2D eigenvalue weighted by Gasteiger charge is -2.17. The van der Waals surface area contributed by atoms with Gasteiger partial charge in [0.1, 0.15) is 0 Å². The SMILES string of the molecule is CCOc1ccc(C(=O)N2CC[C@H](N)C2)cc1OCC.Cl. The molecule has 21 heavy (non-hydrogen) atoms. The molecule has 2 N–H and O–H groups in total. The fourth-order valence-corrected chi connectivity index (χ4v) is 2.34. The Bertz CT molecular complexity index is 482. The molecule has 1 atom stereocenters. The van der Waals surface area contributed by atoms with E-state index in [-0.39, 0.29) is 24.4 Å². The summed E-state index contributed by atoms with van der Waals surface area (Å²) in [7, 11) is 0. The van der Waals surface area contributed by atoms with Gasteiger partial charge in [-0.1, -0.05) is 0 Å². The second kappa shape index (κ2) is 8.10. The number of hydrogen-bond acceptors (Lipinski definition) is 4. The zero-order valence-corrected chi connectivity index (χ0v) is 13.3. The summed E-state index contributed by atoms with van der Waals surface area (Å²) in [5.41, 5.74) is 6.46. The second-order valence-electron chi connectivity index (χ2n) is 4.83. The molecule has 1 fully saturated rings. The van der Waals surface area contributed by atoms with Gasteiger partial charge in [-0.05, 0) is 38.5 Å². The molecule has 1 aliphatic heterocycles. The summed E-state index contributed by atoms with van der Waals surface area (Å²) in [5, 5.41) is 0. The first-order valence-electron chi connectivity index (χ1n) is 7.10. The summed E-state index contributed by atoms with van der Waals surface area (Å²) < 4.78 is 11.0. The lowest BCUT2D eigenvalue weighted by Crippen LogP contribution is -2.31. The van der Waals surface area contributed by atoms with E-state index >= 15 is 0 Å². The third kappa shape index (κ3) is 4.25. The smallest absolute Gasteiger partial charge is 0.254 e. The molecule has 0 bridgehead atoms. The number of halogens is 1. The average molecular weight is 315 g/mol. The maximum absolute atomic E-state index is 12.4. The highest BCUT2D eigenvalue weighted by Gasteiger charge is 2.25. The third-order valence-corrected chi connectivity index (χ3v) is 3.30. The number of amides is 1. The molecule has 5 nitrogen and oxygen atoms in total. The van der Waals surface area contributed by atoms with E-state index in [0.29, 0.717) is 36.8 Å². The predicted molar refractivity (Wildman–Crippen MR) is 84.5 cm³/mol. The van der Waals surface area contributed by atoms with Gasteiger partial charge in [0.15, 0.2) is 11.5 Å². The number of ether oxygens (including phenoxy) is 2. The summed E-state index contributed by atoms with van der Waals surface area (Å²) in [6.45, 7) is 6.26. The van der Waals surface area contributed by atoms with Crippen molar-refractivity contribution in [2.24, 2.45) is 5.73 Å². The number of nitrogens with two attached hydrogens (primary N) is 1. The highest BCUT2D eigenvalue weighted by atomic mass is 35.5. The Morgan fingerprint density at radius 3 is 2.52 bits per heavy atom. The van der Waals surface area contributed by atoms with Crippen molar-refractivity contribution in [2.45, 2.75) is 26.3 Å². The number of benzene rings is 1. The molecule has 1 amide bonds. The molecule has 2 rings (SSSR count). The molecule has 6 heteroatoms. The number of carbonyl (C=O) groups excluding carboxylic acids is 1.